The number of rotatable bonds is 4. The fraction of sp³-hybridized carbons (Fsp3) is 0.333. The molecule has 0 saturated heterocycles. The lowest BCUT2D eigenvalue weighted by Crippen LogP contribution is -2.33. The molecule has 0 radical (unpaired) electrons. The molecule has 0 aliphatic rings. The molecule has 0 aliphatic carbocycles. The van der Waals surface area contributed by atoms with Crippen LogP contribution in [0.3, 0.4) is 0 Å². The van der Waals surface area contributed by atoms with Crippen molar-refractivity contribution in [1.82, 2.24) is 5.32 Å². The van der Waals surface area contributed by atoms with Crippen LogP contribution >= 0.6 is 0 Å². The third-order valence-electron chi connectivity index (χ3n) is 2.23. The van der Waals surface area contributed by atoms with Crippen molar-refractivity contribution in [3.8, 4) is 0 Å². The van der Waals surface area contributed by atoms with Gasteiger partial charge in [-0.1, -0.05) is 6.07 Å². The van der Waals surface area contributed by atoms with Gasteiger partial charge in [-0.2, -0.15) is 0 Å². The topological polar surface area (TPSA) is 55.4 Å². The second-order valence-electron chi connectivity index (χ2n) is 5.27. The minimum absolute atomic E-state index is 0.315. The second-order valence-corrected chi connectivity index (χ2v) is 5.27. The summed E-state index contributed by atoms with van der Waals surface area (Å²) in [6, 6.07) is 3.40. The van der Waals surface area contributed by atoms with Gasteiger partial charge in [-0.25, -0.2) is 8.78 Å². The highest BCUT2D eigenvalue weighted by Crippen LogP contribution is 2.13. The average Bonchev–Trinajstić information content (AvgIpc) is 2.33. The van der Waals surface area contributed by atoms with E-state index in [1.807, 2.05) is 0 Å². The van der Waals surface area contributed by atoms with Crippen molar-refractivity contribution in [3.05, 3.63) is 41.5 Å². The Hall–Kier alpha value is -2.24. The smallest absolute Gasteiger partial charge is 0.325 e. The number of ether oxygens (including phenoxy) is 1. The molecule has 1 rings (SSSR count). The number of hydrogen-bond donors (Lipinski definition) is 1. The van der Waals surface area contributed by atoms with E-state index < -0.39 is 29.1 Å². The zero-order valence-corrected chi connectivity index (χ0v) is 12.1. The first-order valence-electron chi connectivity index (χ1n) is 6.31. The molecule has 21 heavy (non-hydrogen) atoms. The fourth-order valence-corrected chi connectivity index (χ4v) is 1.42. The zero-order valence-electron chi connectivity index (χ0n) is 12.1. The number of halogens is 2. The van der Waals surface area contributed by atoms with E-state index in [0.717, 1.165) is 24.3 Å². The molecule has 0 aliphatic heterocycles. The van der Waals surface area contributed by atoms with Gasteiger partial charge in [0, 0.05) is 11.6 Å². The number of benzene rings is 1. The lowest BCUT2D eigenvalue weighted by Gasteiger charge is -2.19. The van der Waals surface area contributed by atoms with E-state index in [4.69, 9.17) is 4.74 Å². The Kier molecular flexibility index (Phi) is 5.58. The van der Waals surface area contributed by atoms with Crippen LogP contribution in [0.4, 0.5) is 8.78 Å². The number of carbonyl (C=O) groups is 2. The first-order chi connectivity index (χ1) is 9.69. The Bertz CT molecular complexity index is 542. The van der Waals surface area contributed by atoms with E-state index >= 15 is 0 Å². The van der Waals surface area contributed by atoms with Crippen molar-refractivity contribution in [3.63, 3.8) is 0 Å². The second kappa shape index (κ2) is 6.97. The third kappa shape index (κ3) is 6.16. The van der Waals surface area contributed by atoms with Crippen molar-refractivity contribution in [2.75, 3.05) is 6.54 Å². The Balaban J connectivity index is 2.55. The number of esters is 1. The number of hydrogen-bond acceptors (Lipinski definition) is 3. The molecule has 4 nitrogen and oxygen atoms in total. The van der Waals surface area contributed by atoms with Crippen LogP contribution < -0.4 is 5.32 Å². The molecule has 0 fully saturated rings. The maximum absolute atomic E-state index is 13.3. The predicted octanol–water partition coefficient (Wildman–Crippen LogP) is 2.44. The molecule has 1 amide bonds. The molecule has 0 atom stereocenters. The summed E-state index contributed by atoms with van der Waals surface area (Å²) in [7, 11) is 0. The van der Waals surface area contributed by atoms with Crippen LogP contribution in [0.2, 0.25) is 0 Å². The van der Waals surface area contributed by atoms with Crippen molar-refractivity contribution in [1.29, 1.82) is 0 Å². The van der Waals surface area contributed by atoms with Gasteiger partial charge in [-0.3, -0.25) is 9.59 Å². The summed E-state index contributed by atoms with van der Waals surface area (Å²) in [5.41, 5.74) is -0.960. The molecule has 0 spiro atoms. The van der Waals surface area contributed by atoms with E-state index in [1.54, 1.807) is 20.8 Å². The van der Waals surface area contributed by atoms with Gasteiger partial charge in [0.25, 0.3) is 0 Å². The lowest BCUT2D eigenvalue weighted by atomic mass is 10.2. The van der Waals surface area contributed by atoms with E-state index in [2.05, 4.69) is 5.32 Å². The van der Waals surface area contributed by atoms with E-state index in [-0.39, 0.29) is 12.1 Å². The molecule has 1 aromatic rings. The Morgan fingerprint density at radius 3 is 2.33 bits per heavy atom. The summed E-state index contributed by atoms with van der Waals surface area (Å²) < 4.78 is 31.6. The van der Waals surface area contributed by atoms with Crippen LogP contribution in [0.5, 0.6) is 0 Å². The van der Waals surface area contributed by atoms with Crippen LogP contribution in [-0.2, 0) is 14.3 Å². The van der Waals surface area contributed by atoms with E-state index in [9.17, 15) is 18.4 Å². The van der Waals surface area contributed by atoms with E-state index in [1.165, 1.54) is 6.07 Å². The molecule has 114 valence electrons. The van der Waals surface area contributed by atoms with Crippen LogP contribution in [0.15, 0.2) is 24.3 Å². The summed E-state index contributed by atoms with van der Waals surface area (Å²) in [4.78, 5) is 22.8. The number of nitrogens with one attached hydrogen (secondary N) is 1. The highest BCUT2D eigenvalue weighted by Gasteiger charge is 2.16. The van der Waals surface area contributed by atoms with Gasteiger partial charge in [0.2, 0.25) is 5.91 Å². The molecule has 0 unspecified atom stereocenters. The summed E-state index contributed by atoms with van der Waals surface area (Å²) >= 11 is 0. The fourth-order valence-electron chi connectivity index (χ4n) is 1.42. The standard InChI is InChI=1S/C15H17F2NO3/c1-15(2,3)21-14(20)9-18-13(19)8-7-10-11(16)5-4-6-12(10)17/h4-8H,9H2,1-3H3,(H,18,19)/b8-7+. The maximum Gasteiger partial charge on any atom is 0.325 e. The molecule has 0 heterocycles. The molecular weight excluding hydrogens is 280 g/mol. The normalized spacial score (nSPS) is 11.5. The molecule has 1 N–H and O–H groups in total. The van der Waals surface area contributed by atoms with Gasteiger partial charge >= 0.3 is 5.97 Å². The lowest BCUT2D eigenvalue weighted by molar-refractivity contribution is -0.154. The van der Waals surface area contributed by atoms with Crippen LogP contribution in [-0.4, -0.2) is 24.0 Å². The Labute approximate surface area is 121 Å². The van der Waals surface area contributed by atoms with E-state index in [0.29, 0.717) is 0 Å². The van der Waals surface area contributed by atoms with Crippen LogP contribution in [0.1, 0.15) is 26.3 Å². The van der Waals surface area contributed by atoms with Gasteiger partial charge in [-0.05, 0) is 39.0 Å². The summed E-state index contributed by atoms with van der Waals surface area (Å²) in [5.74, 6) is -2.79. The molecule has 6 heteroatoms. The average molecular weight is 297 g/mol. The monoisotopic (exact) mass is 297 g/mol. The maximum atomic E-state index is 13.3. The minimum atomic E-state index is -0.772. The summed E-state index contributed by atoms with van der Waals surface area (Å²) in [6.07, 6.45) is 1.96. The molecule has 0 saturated carbocycles. The highest BCUT2D eigenvalue weighted by atomic mass is 19.1. The van der Waals surface area contributed by atoms with Gasteiger partial charge < -0.3 is 10.1 Å². The number of amides is 1. The first-order valence-corrected chi connectivity index (χ1v) is 6.31. The van der Waals surface area contributed by atoms with Crippen molar-refractivity contribution < 1.29 is 23.1 Å². The van der Waals surface area contributed by atoms with Crippen molar-refractivity contribution in [2.45, 2.75) is 26.4 Å². The van der Waals surface area contributed by atoms with Crippen LogP contribution in [0.25, 0.3) is 6.08 Å². The largest absolute Gasteiger partial charge is 0.459 e. The molecule has 0 bridgehead atoms. The molecule has 0 aromatic heterocycles. The molecular formula is C15H17F2NO3. The Morgan fingerprint density at radius 1 is 1.24 bits per heavy atom. The van der Waals surface area contributed by atoms with Crippen molar-refractivity contribution in [2.24, 2.45) is 0 Å². The van der Waals surface area contributed by atoms with Gasteiger partial charge in [0.1, 0.15) is 23.8 Å². The highest BCUT2D eigenvalue weighted by molar-refractivity contribution is 5.93. The Morgan fingerprint density at radius 2 is 1.81 bits per heavy atom. The summed E-state index contributed by atoms with van der Waals surface area (Å²) in [6.45, 7) is 4.79. The predicted molar refractivity (Wildman–Crippen MR) is 74.2 cm³/mol. The van der Waals surface area contributed by atoms with Gasteiger partial charge in [0.05, 0.1) is 0 Å². The SMILES string of the molecule is CC(C)(C)OC(=O)CNC(=O)/C=C/c1c(F)cccc1F. The minimum Gasteiger partial charge on any atom is -0.459 e. The van der Waals surface area contributed by atoms with Gasteiger partial charge in [-0.15, -0.1) is 0 Å². The van der Waals surface area contributed by atoms with Crippen molar-refractivity contribution >= 4 is 18.0 Å². The van der Waals surface area contributed by atoms with Crippen LogP contribution in [0, 0.1) is 11.6 Å². The zero-order chi connectivity index (χ0) is 16.0. The first kappa shape index (κ1) is 16.8. The molecule has 1 aromatic carbocycles. The quantitative estimate of drug-likeness (QED) is 0.686. The third-order valence-corrected chi connectivity index (χ3v) is 2.23. The summed E-state index contributed by atoms with van der Waals surface area (Å²) in [5, 5.41) is 2.27. The van der Waals surface area contributed by atoms with Gasteiger partial charge in [0.15, 0.2) is 0 Å². The number of carbonyl (C=O) groups excluding carboxylic acids is 2.